The lowest BCUT2D eigenvalue weighted by Gasteiger charge is -2.20. The zero-order valence-electron chi connectivity index (χ0n) is 12.5. The van der Waals surface area contributed by atoms with E-state index < -0.39 is 0 Å². The first-order valence-electron chi connectivity index (χ1n) is 7.13. The van der Waals surface area contributed by atoms with E-state index in [0.29, 0.717) is 24.9 Å². The number of anilines is 1. The number of nitrogens with zero attached hydrogens (tertiary/aromatic N) is 2. The van der Waals surface area contributed by atoms with Gasteiger partial charge in [0.1, 0.15) is 11.5 Å². The van der Waals surface area contributed by atoms with Gasteiger partial charge in [0.2, 0.25) is 5.91 Å². The van der Waals surface area contributed by atoms with Gasteiger partial charge in [-0.1, -0.05) is 5.16 Å². The number of amides is 2. The van der Waals surface area contributed by atoms with Crippen molar-refractivity contribution in [2.75, 3.05) is 12.4 Å². The second kappa shape index (κ2) is 5.63. The van der Waals surface area contributed by atoms with Crippen LogP contribution in [0.1, 0.15) is 33.8 Å². The third-order valence-corrected chi connectivity index (χ3v) is 3.67. The van der Waals surface area contributed by atoms with Crippen molar-refractivity contribution in [3.8, 4) is 0 Å². The third-order valence-electron chi connectivity index (χ3n) is 3.67. The van der Waals surface area contributed by atoms with Crippen LogP contribution in [0.15, 0.2) is 28.8 Å². The maximum absolute atomic E-state index is 12.5. The van der Waals surface area contributed by atoms with Crippen molar-refractivity contribution in [3.05, 3.63) is 46.8 Å². The van der Waals surface area contributed by atoms with E-state index in [1.807, 2.05) is 19.1 Å². The third kappa shape index (κ3) is 2.86. The molecule has 0 bridgehead atoms. The van der Waals surface area contributed by atoms with Gasteiger partial charge in [-0.3, -0.25) is 9.59 Å². The normalized spacial score (nSPS) is 13.5. The Kier molecular flexibility index (Phi) is 3.66. The fourth-order valence-electron chi connectivity index (χ4n) is 2.54. The summed E-state index contributed by atoms with van der Waals surface area (Å²) in [6.07, 6.45) is 1.12. The van der Waals surface area contributed by atoms with Crippen LogP contribution in [0.4, 0.5) is 5.69 Å². The maximum Gasteiger partial charge on any atom is 0.253 e. The molecule has 0 aliphatic carbocycles. The SMILES string of the molecule is Cc1cc(CN(C)C(=O)c2ccc3c(c2)CCC(=O)N3)no1. The minimum atomic E-state index is -0.0830. The Bertz CT molecular complexity index is 736. The Morgan fingerprint density at radius 1 is 1.36 bits per heavy atom. The van der Waals surface area contributed by atoms with Gasteiger partial charge in [0, 0.05) is 30.8 Å². The van der Waals surface area contributed by atoms with E-state index in [4.69, 9.17) is 4.52 Å². The van der Waals surface area contributed by atoms with Crippen LogP contribution in [-0.4, -0.2) is 28.9 Å². The number of benzene rings is 1. The summed E-state index contributed by atoms with van der Waals surface area (Å²) < 4.78 is 5.01. The molecule has 22 heavy (non-hydrogen) atoms. The number of nitrogens with one attached hydrogen (secondary N) is 1. The minimum absolute atomic E-state index is 0.0186. The van der Waals surface area contributed by atoms with Gasteiger partial charge in [-0.05, 0) is 37.1 Å². The van der Waals surface area contributed by atoms with Crippen molar-refractivity contribution in [1.82, 2.24) is 10.1 Å². The molecule has 0 saturated heterocycles. The van der Waals surface area contributed by atoms with Crippen molar-refractivity contribution >= 4 is 17.5 Å². The van der Waals surface area contributed by atoms with Gasteiger partial charge in [-0.15, -0.1) is 0 Å². The Hall–Kier alpha value is -2.63. The standard InChI is InChI=1S/C16H17N3O3/c1-10-7-13(18-22-10)9-19(2)16(21)12-3-5-14-11(8-12)4-6-15(20)17-14/h3,5,7-8H,4,6,9H2,1-2H3,(H,17,20). The number of hydrogen-bond acceptors (Lipinski definition) is 4. The predicted octanol–water partition coefficient (Wildman–Crippen LogP) is 2.14. The molecule has 0 unspecified atom stereocenters. The molecule has 2 aromatic rings. The van der Waals surface area contributed by atoms with E-state index in [9.17, 15) is 9.59 Å². The average Bonchev–Trinajstić information content (AvgIpc) is 2.91. The van der Waals surface area contributed by atoms with Crippen molar-refractivity contribution < 1.29 is 14.1 Å². The number of fused-ring (bicyclic) bond motifs is 1. The van der Waals surface area contributed by atoms with Crippen molar-refractivity contribution in [2.45, 2.75) is 26.3 Å². The summed E-state index contributed by atoms with van der Waals surface area (Å²) in [5, 5.41) is 6.71. The largest absolute Gasteiger partial charge is 0.361 e. The molecule has 2 heterocycles. The first kappa shape index (κ1) is 14.3. The number of hydrogen-bond donors (Lipinski definition) is 1. The first-order valence-corrected chi connectivity index (χ1v) is 7.13. The van der Waals surface area contributed by atoms with Crippen LogP contribution < -0.4 is 5.32 Å². The molecule has 1 aliphatic heterocycles. The van der Waals surface area contributed by atoms with Crippen molar-refractivity contribution in [3.63, 3.8) is 0 Å². The molecule has 0 radical (unpaired) electrons. The number of carbonyl (C=O) groups is 2. The van der Waals surface area contributed by atoms with Crippen LogP contribution >= 0.6 is 0 Å². The minimum Gasteiger partial charge on any atom is -0.361 e. The highest BCUT2D eigenvalue weighted by Crippen LogP contribution is 2.24. The monoisotopic (exact) mass is 299 g/mol. The molecule has 1 aliphatic rings. The summed E-state index contributed by atoms with van der Waals surface area (Å²) in [6, 6.07) is 7.18. The molecule has 3 rings (SSSR count). The molecule has 0 atom stereocenters. The fraction of sp³-hybridized carbons (Fsp3) is 0.312. The summed E-state index contributed by atoms with van der Waals surface area (Å²) in [7, 11) is 1.73. The van der Waals surface area contributed by atoms with Crippen LogP contribution in [0.2, 0.25) is 0 Å². The Morgan fingerprint density at radius 2 is 2.18 bits per heavy atom. The fourth-order valence-corrected chi connectivity index (χ4v) is 2.54. The molecule has 1 aromatic carbocycles. The Morgan fingerprint density at radius 3 is 2.91 bits per heavy atom. The summed E-state index contributed by atoms with van der Waals surface area (Å²) in [6.45, 7) is 2.21. The van der Waals surface area contributed by atoms with Crippen LogP contribution in [0.3, 0.4) is 0 Å². The molecule has 6 nitrogen and oxygen atoms in total. The lowest BCUT2D eigenvalue weighted by Crippen LogP contribution is -2.27. The summed E-state index contributed by atoms with van der Waals surface area (Å²) in [5.41, 5.74) is 3.12. The second-order valence-electron chi connectivity index (χ2n) is 5.51. The molecule has 1 aromatic heterocycles. The van der Waals surface area contributed by atoms with Crippen molar-refractivity contribution in [2.24, 2.45) is 0 Å². The molecule has 6 heteroatoms. The number of carbonyl (C=O) groups excluding carboxylic acids is 2. The van der Waals surface area contributed by atoms with Gasteiger partial charge in [0.05, 0.1) is 6.54 Å². The molecule has 2 amide bonds. The molecule has 0 fully saturated rings. The molecule has 0 saturated carbocycles. The van der Waals surface area contributed by atoms with Gasteiger partial charge in [0.15, 0.2) is 0 Å². The molecule has 114 valence electrons. The quantitative estimate of drug-likeness (QED) is 0.942. The average molecular weight is 299 g/mol. The first-order chi connectivity index (χ1) is 10.5. The second-order valence-corrected chi connectivity index (χ2v) is 5.51. The molecule has 0 spiro atoms. The van der Waals surface area contributed by atoms with E-state index >= 15 is 0 Å². The van der Waals surface area contributed by atoms with Crippen LogP contribution in [0, 0.1) is 6.92 Å². The number of rotatable bonds is 3. The lowest BCUT2D eigenvalue weighted by molar-refractivity contribution is -0.116. The summed E-state index contributed by atoms with van der Waals surface area (Å²) >= 11 is 0. The van der Waals surface area contributed by atoms with E-state index in [2.05, 4.69) is 10.5 Å². The molecular weight excluding hydrogens is 282 g/mol. The van der Waals surface area contributed by atoms with Crippen molar-refractivity contribution in [1.29, 1.82) is 0 Å². The Labute approximate surface area is 128 Å². The highest BCUT2D eigenvalue weighted by molar-refractivity contribution is 5.97. The van der Waals surface area contributed by atoms with E-state index in [1.165, 1.54) is 0 Å². The highest BCUT2D eigenvalue weighted by atomic mass is 16.5. The summed E-state index contributed by atoms with van der Waals surface area (Å²) in [5.74, 6) is 0.658. The van der Waals surface area contributed by atoms with E-state index in [-0.39, 0.29) is 11.8 Å². The lowest BCUT2D eigenvalue weighted by atomic mass is 10.00. The number of aromatic nitrogens is 1. The van der Waals surface area contributed by atoms with E-state index in [0.717, 1.165) is 22.7 Å². The van der Waals surface area contributed by atoms with Gasteiger partial charge in [0.25, 0.3) is 5.91 Å². The highest BCUT2D eigenvalue weighted by Gasteiger charge is 2.19. The van der Waals surface area contributed by atoms with E-state index in [1.54, 1.807) is 24.1 Å². The van der Waals surface area contributed by atoms with Gasteiger partial charge >= 0.3 is 0 Å². The van der Waals surface area contributed by atoms with Crippen LogP contribution in [0.25, 0.3) is 0 Å². The van der Waals surface area contributed by atoms with Crippen LogP contribution in [0.5, 0.6) is 0 Å². The van der Waals surface area contributed by atoms with Gasteiger partial charge in [-0.2, -0.15) is 0 Å². The van der Waals surface area contributed by atoms with Gasteiger partial charge in [-0.25, -0.2) is 0 Å². The maximum atomic E-state index is 12.5. The van der Waals surface area contributed by atoms with Gasteiger partial charge < -0.3 is 14.7 Å². The topological polar surface area (TPSA) is 75.4 Å². The van der Waals surface area contributed by atoms with Crippen LogP contribution in [-0.2, 0) is 17.8 Å². The zero-order chi connectivity index (χ0) is 15.7. The molecular formula is C16H17N3O3. The smallest absolute Gasteiger partial charge is 0.253 e. The Balaban J connectivity index is 1.75. The predicted molar refractivity (Wildman–Crippen MR) is 80.4 cm³/mol. The summed E-state index contributed by atoms with van der Waals surface area (Å²) in [4.78, 5) is 25.4. The molecule has 1 N–H and O–H groups in total. The number of aryl methyl sites for hydroxylation is 2. The zero-order valence-corrected chi connectivity index (χ0v) is 12.5.